The third kappa shape index (κ3) is 7.17. The number of hydrogen-bond acceptors (Lipinski definition) is 4. The second-order valence-electron chi connectivity index (χ2n) is 6.88. The van der Waals surface area contributed by atoms with Crippen LogP contribution in [0, 0.1) is 0 Å². The Kier molecular flexibility index (Phi) is 8.16. The molecule has 0 atom stereocenters. The standard InChI is InChI=1S/C20H30N2O4/c1-7-22(19(24)26-20(3,4)5)13-12-21-18(23)14-15(2)16-10-8-9-11-17(16)25-6/h8-11,14H,7,12-13H2,1-6H3,(H,21,23)/b15-14-. The van der Waals surface area contributed by atoms with E-state index in [1.54, 1.807) is 12.0 Å². The molecule has 0 aromatic heterocycles. The Balaban J connectivity index is 2.59. The molecule has 0 bridgehead atoms. The minimum atomic E-state index is -0.539. The van der Waals surface area contributed by atoms with E-state index < -0.39 is 5.60 Å². The van der Waals surface area contributed by atoms with Crippen molar-refractivity contribution < 1.29 is 19.1 Å². The number of allylic oxidation sites excluding steroid dienone is 1. The first kappa shape index (κ1) is 21.5. The van der Waals surface area contributed by atoms with Crippen LogP contribution in [-0.2, 0) is 9.53 Å². The number of carbonyl (C=O) groups is 2. The van der Waals surface area contributed by atoms with E-state index in [4.69, 9.17) is 9.47 Å². The lowest BCUT2D eigenvalue weighted by Crippen LogP contribution is -2.41. The molecule has 0 spiro atoms. The molecule has 0 fully saturated rings. The number of likely N-dealkylation sites (N-methyl/N-ethyl adjacent to an activating group) is 1. The summed E-state index contributed by atoms with van der Waals surface area (Å²) in [5.41, 5.74) is 1.14. The van der Waals surface area contributed by atoms with Gasteiger partial charge in [0, 0.05) is 31.3 Å². The summed E-state index contributed by atoms with van der Waals surface area (Å²) in [5, 5.41) is 2.80. The Bertz CT molecular complexity index is 647. The zero-order valence-corrected chi connectivity index (χ0v) is 16.6. The Labute approximate surface area is 156 Å². The minimum Gasteiger partial charge on any atom is -0.496 e. The number of benzene rings is 1. The third-order valence-corrected chi connectivity index (χ3v) is 3.59. The topological polar surface area (TPSA) is 67.9 Å². The van der Waals surface area contributed by atoms with Gasteiger partial charge in [-0.3, -0.25) is 4.79 Å². The van der Waals surface area contributed by atoms with Crippen LogP contribution in [0.4, 0.5) is 4.79 Å². The molecule has 144 valence electrons. The van der Waals surface area contributed by atoms with Gasteiger partial charge < -0.3 is 19.7 Å². The maximum Gasteiger partial charge on any atom is 0.410 e. The number of hydrogen-bond donors (Lipinski definition) is 1. The second-order valence-corrected chi connectivity index (χ2v) is 6.88. The minimum absolute atomic E-state index is 0.214. The van der Waals surface area contributed by atoms with Crippen LogP contribution in [0.3, 0.4) is 0 Å². The number of carbonyl (C=O) groups excluding carboxylic acids is 2. The zero-order valence-electron chi connectivity index (χ0n) is 16.6. The fraction of sp³-hybridized carbons (Fsp3) is 0.500. The van der Waals surface area contributed by atoms with Crippen LogP contribution >= 0.6 is 0 Å². The van der Waals surface area contributed by atoms with Crippen molar-refractivity contribution in [3.05, 3.63) is 35.9 Å². The van der Waals surface area contributed by atoms with Gasteiger partial charge in [0.1, 0.15) is 11.4 Å². The van der Waals surface area contributed by atoms with Crippen LogP contribution in [0.25, 0.3) is 5.57 Å². The van der Waals surface area contributed by atoms with Crippen molar-refractivity contribution >= 4 is 17.6 Å². The Hall–Kier alpha value is -2.50. The Morgan fingerprint density at radius 1 is 1.23 bits per heavy atom. The summed E-state index contributed by atoms with van der Waals surface area (Å²) in [6.45, 7) is 10.5. The molecule has 0 saturated heterocycles. The average Bonchev–Trinajstić information content (AvgIpc) is 2.56. The number of amides is 2. The highest BCUT2D eigenvalue weighted by molar-refractivity contribution is 5.95. The summed E-state index contributed by atoms with van der Waals surface area (Å²) in [6, 6.07) is 7.53. The lowest BCUT2D eigenvalue weighted by molar-refractivity contribution is -0.116. The third-order valence-electron chi connectivity index (χ3n) is 3.59. The predicted octanol–water partition coefficient (Wildman–Crippen LogP) is 3.47. The van der Waals surface area contributed by atoms with E-state index in [2.05, 4.69) is 5.32 Å². The van der Waals surface area contributed by atoms with Gasteiger partial charge in [-0.2, -0.15) is 0 Å². The van der Waals surface area contributed by atoms with Crippen LogP contribution in [-0.4, -0.2) is 49.2 Å². The first-order chi connectivity index (χ1) is 12.2. The van der Waals surface area contributed by atoms with Crippen molar-refractivity contribution in [2.75, 3.05) is 26.7 Å². The predicted molar refractivity (Wildman–Crippen MR) is 103 cm³/mol. The first-order valence-electron chi connectivity index (χ1n) is 8.75. The molecular formula is C20H30N2O4. The summed E-state index contributed by atoms with van der Waals surface area (Å²) in [6.07, 6.45) is 1.15. The van der Waals surface area contributed by atoms with Crippen molar-refractivity contribution in [1.29, 1.82) is 0 Å². The number of nitrogens with zero attached hydrogens (tertiary/aromatic N) is 1. The van der Waals surface area contributed by atoms with Crippen molar-refractivity contribution in [2.45, 2.75) is 40.2 Å². The monoisotopic (exact) mass is 362 g/mol. The Morgan fingerprint density at radius 3 is 2.46 bits per heavy atom. The molecule has 2 amide bonds. The summed E-state index contributed by atoms with van der Waals surface area (Å²) >= 11 is 0. The second kappa shape index (κ2) is 9.85. The number of para-hydroxylation sites is 1. The van der Waals surface area contributed by atoms with Crippen LogP contribution in [0.2, 0.25) is 0 Å². The fourth-order valence-electron chi connectivity index (χ4n) is 2.31. The molecule has 1 aromatic rings. The molecule has 0 radical (unpaired) electrons. The van der Waals surface area contributed by atoms with Gasteiger partial charge in [0.05, 0.1) is 7.11 Å². The fourth-order valence-corrected chi connectivity index (χ4v) is 2.31. The van der Waals surface area contributed by atoms with E-state index >= 15 is 0 Å². The smallest absolute Gasteiger partial charge is 0.410 e. The van der Waals surface area contributed by atoms with Gasteiger partial charge >= 0.3 is 6.09 Å². The summed E-state index contributed by atoms with van der Waals surface area (Å²) in [5.74, 6) is 0.504. The van der Waals surface area contributed by atoms with Crippen LogP contribution in [0.1, 0.15) is 40.2 Å². The quantitative estimate of drug-likeness (QED) is 0.754. The van der Waals surface area contributed by atoms with Crippen molar-refractivity contribution in [3.63, 3.8) is 0 Å². The highest BCUT2D eigenvalue weighted by Gasteiger charge is 2.20. The molecule has 26 heavy (non-hydrogen) atoms. The lowest BCUT2D eigenvalue weighted by atomic mass is 10.1. The van der Waals surface area contributed by atoms with Crippen molar-refractivity contribution in [3.8, 4) is 5.75 Å². The van der Waals surface area contributed by atoms with E-state index in [0.717, 1.165) is 16.9 Å². The van der Waals surface area contributed by atoms with Gasteiger partial charge in [-0.25, -0.2) is 4.79 Å². The van der Waals surface area contributed by atoms with Gasteiger partial charge in [-0.05, 0) is 46.3 Å². The zero-order chi connectivity index (χ0) is 19.7. The molecule has 6 heteroatoms. The highest BCUT2D eigenvalue weighted by atomic mass is 16.6. The van der Waals surface area contributed by atoms with E-state index in [-0.39, 0.29) is 12.0 Å². The molecule has 1 aromatic carbocycles. The van der Waals surface area contributed by atoms with Gasteiger partial charge in [0.15, 0.2) is 0 Å². The first-order valence-corrected chi connectivity index (χ1v) is 8.75. The van der Waals surface area contributed by atoms with E-state index in [1.165, 1.54) is 6.08 Å². The Morgan fingerprint density at radius 2 is 1.88 bits per heavy atom. The number of rotatable bonds is 7. The molecule has 0 aliphatic carbocycles. The number of nitrogens with one attached hydrogen (secondary N) is 1. The van der Waals surface area contributed by atoms with Crippen LogP contribution in [0.15, 0.2) is 30.3 Å². The van der Waals surface area contributed by atoms with Crippen LogP contribution in [0.5, 0.6) is 5.75 Å². The molecule has 0 saturated carbocycles. The molecule has 1 N–H and O–H groups in total. The highest BCUT2D eigenvalue weighted by Crippen LogP contribution is 2.24. The molecule has 0 aliphatic heterocycles. The molecule has 0 heterocycles. The maximum absolute atomic E-state index is 12.1. The average molecular weight is 362 g/mol. The molecule has 6 nitrogen and oxygen atoms in total. The van der Waals surface area contributed by atoms with Gasteiger partial charge in [-0.1, -0.05) is 18.2 Å². The number of methoxy groups -OCH3 is 1. The van der Waals surface area contributed by atoms with Crippen molar-refractivity contribution in [1.82, 2.24) is 10.2 Å². The van der Waals surface area contributed by atoms with Gasteiger partial charge in [0.25, 0.3) is 0 Å². The number of ether oxygens (including phenoxy) is 2. The maximum atomic E-state index is 12.1. The molecule has 0 aliphatic rings. The normalized spacial score (nSPS) is 11.7. The van der Waals surface area contributed by atoms with Crippen molar-refractivity contribution in [2.24, 2.45) is 0 Å². The van der Waals surface area contributed by atoms with E-state index in [0.29, 0.717) is 19.6 Å². The van der Waals surface area contributed by atoms with Gasteiger partial charge in [-0.15, -0.1) is 0 Å². The molecule has 0 unspecified atom stereocenters. The summed E-state index contributed by atoms with van der Waals surface area (Å²) in [4.78, 5) is 25.8. The lowest BCUT2D eigenvalue weighted by Gasteiger charge is -2.26. The van der Waals surface area contributed by atoms with Gasteiger partial charge in [0.2, 0.25) is 5.91 Å². The van der Waals surface area contributed by atoms with Crippen LogP contribution < -0.4 is 10.1 Å². The molecular weight excluding hydrogens is 332 g/mol. The SMILES string of the molecule is CCN(CCNC(=O)/C=C(/C)c1ccccc1OC)C(=O)OC(C)(C)C. The van der Waals surface area contributed by atoms with E-state index in [1.807, 2.05) is 58.9 Å². The molecule has 1 rings (SSSR count). The van der Waals surface area contributed by atoms with E-state index in [9.17, 15) is 9.59 Å². The summed E-state index contributed by atoms with van der Waals surface area (Å²) < 4.78 is 10.7. The largest absolute Gasteiger partial charge is 0.496 e. The summed E-state index contributed by atoms with van der Waals surface area (Å²) in [7, 11) is 1.60.